The van der Waals surface area contributed by atoms with Crippen molar-refractivity contribution in [1.29, 1.82) is 0 Å². The third-order valence-corrected chi connectivity index (χ3v) is 5.98. The van der Waals surface area contributed by atoms with E-state index >= 15 is 0 Å². The molecule has 1 amide bonds. The van der Waals surface area contributed by atoms with Crippen molar-refractivity contribution in [2.24, 2.45) is 0 Å². The normalized spacial score (nSPS) is 11.7. The number of nitrogens with zero attached hydrogens (tertiary/aromatic N) is 3. The fraction of sp³-hybridized carbons (Fsp3) is 0.150. The summed E-state index contributed by atoms with van der Waals surface area (Å²) in [6.45, 7) is 0.323. The number of halogens is 4. The van der Waals surface area contributed by atoms with E-state index in [-0.39, 0.29) is 21.5 Å². The first-order valence-electron chi connectivity index (χ1n) is 8.87. The number of nitrogens with one attached hydrogen (secondary N) is 1. The lowest BCUT2D eigenvalue weighted by Crippen LogP contribution is -2.26. The molecule has 1 aromatic carbocycles. The van der Waals surface area contributed by atoms with Crippen LogP contribution in [0.15, 0.2) is 58.4 Å². The van der Waals surface area contributed by atoms with Crippen LogP contribution in [0.4, 0.5) is 13.2 Å². The van der Waals surface area contributed by atoms with E-state index in [9.17, 15) is 18.0 Å². The fourth-order valence-corrected chi connectivity index (χ4v) is 4.14. The van der Waals surface area contributed by atoms with Crippen molar-refractivity contribution >= 4 is 38.8 Å². The molecule has 10 heteroatoms. The van der Waals surface area contributed by atoms with Gasteiger partial charge in [0.15, 0.2) is 17.0 Å². The SMILES string of the molecule is O=C(NCCc1ccccc1)c1nn2c(C(F)(F)F)cc(-c3cccs3)nc2c1Br. The van der Waals surface area contributed by atoms with Gasteiger partial charge in [0.1, 0.15) is 0 Å². The lowest BCUT2D eigenvalue weighted by atomic mass is 10.1. The Morgan fingerprint density at radius 1 is 1.17 bits per heavy atom. The number of alkyl halides is 3. The molecule has 0 saturated carbocycles. The summed E-state index contributed by atoms with van der Waals surface area (Å²) in [5.74, 6) is -0.575. The molecule has 154 valence electrons. The maximum absolute atomic E-state index is 13.7. The van der Waals surface area contributed by atoms with Gasteiger partial charge in [0.25, 0.3) is 5.91 Å². The van der Waals surface area contributed by atoms with Crippen molar-refractivity contribution in [1.82, 2.24) is 19.9 Å². The molecule has 0 aliphatic heterocycles. The summed E-state index contributed by atoms with van der Waals surface area (Å²) in [5.41, 5.74) is -0.0132. The highest BCUT2D eigenvalue weighted by molar-refractivity contribution is 9.10. The number of hydrogen-bond donors (Lipinski definition) is 1. The van der Waals surface area contributed by atoms with Crippen LogP contribution in [0.3, 0.4) is 0 Å². The molecule has 0 aliphatic rings. The molecular formula is C20H14BrF3N4OS. The minimum Gasteiger partial charge on any atom is -0.350 e. The third-order valence-electron chi connectivity index (χ3n) is 4.35. The van der Waals surface area contributed by atoms with Crippen molar-refractivity contribution in [3.63, 3.8) is 0 Å². The van der Waals surface area contributed by atoms with Crippen LogP contribution in [-0.4, -0.2) is 27.0 Å². The number of hydrogen-bond acceptors (Lipinski definition) is 4. The molecule has 0 spiro atoms. The Hall–Kier alpha value is -2.72. The molecule has 0 aliphatic carbocycles. The maximum atomic E-state index is 13.7. The number of aromatic nitrogens is 3. The van der Waals surface area contributed by atoms with Crippen molar-refractivity contribution in [3.8, 4) is 10.6 Å². The Morgan fingerprint density at radius 3 is 2.60 bits per heavy atom. The number of carbonyl (C=O) groups is 1. The molecule has 0 saturated heterocycles. The Morgan fingerprint density at radius 2 is 1.93 bits per heavy atom. The Balaban J connectivity index is 1.67. The van der Waals surface area contributed by atoms with E-state index in [1.165, 1.54) is 11.3 Å². The van der Waals surface area contributed by atoms with Gasteiger partial charge in [-0.2, -0.15) is 18.3 Å². The van der Waals surface area contributed by atoms with Crippen LogP contribution in [0.5, 0.6) is 0 Å². The molecule has 4 aromatic rings. The van der Waals surface area contributed by atoms with E-state index in [0.29, 0.717) is 22.4 Å². The average molecular weight is 495 g/mol. The van der Waals surface area contributed by atoms with Crippen LogP contribution in [0.1, 0.15) is 21.7 Å². The molecule has 30 heavy (non-hydrogen) atoms. The molecule has 0 fully saturated rings. The summed E-state index contributed by atoms with van der Waals surface area (Å²) in [4.78, 5) is 17.5. The summed E-state index contributed by atoms with van der Waals surface area (Å²) in [5, 5.41) is 8.36. The van der Waals surface area contributed by atoms with Gasteiger partial charge in [-0.15, -0.1) is 11.3 Å². The highest BCUT2D eigenvalue weighted by atomic mass is 79.9. The van der Waals surface area contributed by atoms with Gasteiger partial charge in [-0.3, -0.25) is 4.79 Å². The van der Waals surface area contributed by atoms with Gasteiger partial charge in [-0.05, 0) is 45.4 Å². The Labute approximate surface area is 181 Å². The van der Waals surface area contributed by atoms with Gasteiger partial charge in [-0.25, -0.2) is 9.50 Å². The standard InChI is InChI=1S/C20H14BrF3N4OS/c21-16-17(19(29)25-9-8-12-5-2-1-3-6-12)27-28-15(20(22,23)24)11-13(26-18(16)28)14-7-4-10-30-14/h1-7,10-11H,8-9H2,(H,25,29). The zero-order valence-electron chi connectivity index (χ0n) is 15.3. The van der Waals surface area contributed by atoms with E-state index in [1.54, 1.807) is 17.5 Å². The highest BCUT2D eigenvalue weighted by Gasteiger charge is 2.36. The van der Waals surface area contributed by atoms with Crippen molar-refractivity contribution in [2.75, 3.05) is 6.54 Å². The monoisotopic (exact) mass is 494 g/mol. The molecule has 0 radical (unpaired) electrons. The van der Waals surface area contributed by atoms with Crippen molar-refractivity contribution < 1.29 is 18.0 Å². The van der Waals surface area contributed by atoms with E-state index in [1.807, 2.05) is 30.3 Å². The Bertz CT molecular complexity index is 1190. The van der Waals surface area contributed by atoms with Crippen molar-refractivity contribution in [3.05, 3.63) is 75.3 Å². The van der Waals surface area contributed by atoms with Gasteiger partial charge in [-0.1, -0.05) is 36.4 Å². The zero-order valence-corrected chi connectivity index (χ0v) is 17.7. The van der Waals surface area contributed by atoms with Crippen LogP contribution in [0, 0.1) is 0 Å². The van der Waals surface area contributed by atoms with Gasteiger partial charge < -0.3 is 5.32 Å². The number of carbonyl (C=O) groups excluding carboxylic acids is 1. The summed E-state index contributed by atoms with van der Waals surface area (Å²) in [7, 11) is 0. The molecule has 1 N–H and O–H groups in total. The predicted molar refractivity (Wildman–Crippen MR) is 111 cm³/mol. The van der Waals surface area contributed by atoms with E-state index in [0.717, 1.165) is 11.6 Å². The third kappa shape index (κ3) is 4.10. The van der Waals surface area contributed by atoms with E-state index in [2.05, 4.69) is 31.3 Å². The second-order valence-corrected chi connectivity index (χ2v) is 8.13. The lowest BCUT2D eigenvalue weighted by Gasteiger charge is -2.10. The average Bonchev–Trinajstić information content (AvgIpc) is 3.36. The van der Waals surface area contributed by atoms with Gasteiger partial charge in [0.2, 0.25) is 0 Å². The van der Waals surface area contributed by atoms with Crippen molar-refractivity contribution in [2.45, 2.75) is 12.6 Å². The summed E-state index contributed by atoms with van der Waals surface area (Å²) < 4.78 is 41.8. The van der Waals surface area contributed by atoms with E-state index in [4.69, 9.17) is 0 Å². The molecule has 4 rings (SSSR count). The lowest BCUT2D eigenvalue weighted by molar-refractivity contribution is -0.142. The number of rotatable bonds is 5. The van der Waals surface area contributed by atoms with Gasteiger partial charge >= 0.3 is 6.18 Å². The van der Waals surface area contributed by atoms with Crippen LogP contribution in [-0.2, 0) is 12.6 Å². The second kappa shape index (κ2) is 8.19. The number of fused-ring (bicyclic) bond motifs is 1. The Kier molecular flexibility index (Phi) is 5.61. The molecule has 5 nitrogen and oxygen atoms in total. The zero-order chi connectivity index (χ0) is 21.3. The predicted octanol–water partition coefficient (Wildman–Crippen LogP) is 5.21. The minimum absolute atomic E-state index is 0.0681. The molecule has 0 unspecified atom stereocenters. The molecule has 0 bridgehead atoms. The van der Waals surface area contributed by atoms with Crippen LogP contribution in [0.25, 0.3) is 16.2 Å². The summed E-state index contributed by atoms with van der Waals surface area (Å²) in [6, 6.07) is 13.9. The quantitative estimate of drug-likeness (QED) is 0.414. The largest absolute Gasteiger partial charge is 0.433 e. The molecule has 0 atom stereocenters. The first-order valence-corrected chi connectivity index (χ1v) is 10.5. The topological polar surface area (TPSA) is 59.3 Å². The first-order chi connectivity index (χ1) is 14.3. The summed E-state index contributed by atoms with van der Waals surface area (Å²) in [6.07, 6.45) is -4.08. The van der Waals surface area contributed by atoms with Gasteiger partial charge in [0.05, 0.1) is 15.0 Å². The minimum atomic E-state index is -4.67. The fourth-order valence-electron chi connectivity index (χ4n) is 2.94. The van der Waals surface area contributed by atoms with Crippen LogP contribution < -0.4 is 5.32 Å². The van der Waals surface area contributed by atoms with E-state index < -0.39 is 17.8 Å². The highest BCUT2D eigenvalue weighted by Crippen LogP contribution is 2.35. The molecular weight excluding hydrogens is 481 g/mol. The molecule has 3 heterocycles. The number of thiophene rings is 1. The first kappa shape index (κ1) is 20.5. The number of amides is 1. The van der Waals surface area contributed by atoms with Crippen LogP contribution in [0.2, 0.25) is 0 Å². The molecule has 3 aromatic heterocycles. The smallest absolute Gasteiger partial charge is 0.350 e. The van der Waals surface area contributed by atoms with Crippen LogP contribution >= 0.6 is 27.3 Å². The maximum Gasteiger partial charge on any atom is 0.433 e. The number of benzene rings is 1. The second-order valence-electron chi connectivity index (χ2n) is 6.39. The summed E-state index contributed by atoms with van der Waals surface area (Å²) >= 11 is 4.49. The van der Waals surface area contributed by atoms with Gasteiger partial charge in [0, 0.05) is 6.54 Å².